The first-order chi connectivity index (χ1) is 9.93. The lowest BCUT2D eigenvalue weighted by Crippen LogP contribution is -2.19. The number of anilines is 2. The Kier molecular flexibility index (Phi) is 3.19. The number of hydrogen-bond acceptors (Lipinski definition) is 5. The molecular weight excluding hydrogens is 285 g/mol. The molecule has 2 aromatic heterocycles. The van der Waals surface area contributed by atoms with Crippen molar-refractivity contribution >= 4 is 11.8 Å². The quantitative estimate of drug-likeness (QED) is 0.886. The fraction of sp³-hybridized carbons (Fsp3) is 0.417. The summed E-state index contributed by atoms with van der Waals surface area (Å²) >= 11 is 0. The number of nitrogen functional groups attached to an aromatic ring is 1. The van der Waals surface area contributed by atoms with Crippen LogP contribution in [0.4, 0.5) is 24.9 Å². The predicted octanol–water partition coefficient (Wildman–Crippen LogP) is 2.07. The van der Waals surface area contributed by atoms with E-state index in [1.54, 1.807) is 6.07 Å². The van der Waals surface area contributed by atoms with Gasteiger partial charge in [0, 0.05) is 19.2 Å². The second kappa shape index (κ2) is 4.90. The molecule has 0 saturated carbocycles. The maximum Gasteiger partial charge on any atom is 0.432 e. The van der Waals surface area contributed by atoms with Gasteiger partial charge in [0.25, 0.3) is 0 Å². The third kappa shape index (κ3) is 2.76. The van der Waals surface area contributed by atoms with E-state index in [-0.39, 0.29) is 17.3 Å². The Bertz CT molecular complexity index is 645. The molecule has 2 aromatic rings. The first-order valence-electron chi connectivity index (χ1n) is 6.46. The van der Waals surface area contributed by atoms with Crippen LogP contribution >= 0.6 is 0 Å². The SMILES string of the molecule is Nc1nc(-c2cc(C(F)(F)F)[nH]n2)cc(N2CCCC2)n1. The molecule has 1 fully saturated rings. The number of nitrogens with one attached hydrogen (secondary N) is 1. The second-order valence-corrected chi connectivity index (χ2v) is 4.83. The van der Waals surface area contributed by atoms with Crippen LogP contribution in [0.3, 0.4) is 0 Å². The Labute approximate surface area is 118 Å². The molecule has 9 heteroatoms. The van der Waals surface area contributed by atoms with Gasteiger partial charge in [-0.1, -0.05) is 0 Å². The van der Waals surface area contributed by atoms with Gasteiger partial charge in [-0.25, -0.2) is 4.98 Å². The molecule has 0 unspecified atom stereocenters. The minimum atomic E-state index is -4.47. The van der Waals surface area contributed by atoms with Crippen molar-refractivity contribution in [2.45, 2.75) is 19.0 Å². The molecule has 0 aromatic carbocycles. The van der Waals surface area contributed by atoms with Crippen LogP contribution in [-0.4, -0.2) is 33.3 Å². The number of alkyl halides is 3. The van der Waals surface area contributed by atoms with E-state index < -0.39 is 11.9 Å². The third-order valence-corrected chi connectivity index (χ3v) is 3.31. The van der Waals surface area contributed by atoms with E-state index >= 15 is 0 Å². The van der Waals surface area contributed by atoms with Crippen LogP contribution in [0.25, 0.3) is 11.4 Å². The van der Waals surface area contributed by atoms with Gasteiger partial charge in [-0.15, -0.1) is 0 Å². The number of nitrogens with zero attached hydrogens (tertiary/aromatic N) is 4. The Balaban J connectivity index is 1.96. The highest BCUT2D eigenvalue weighted by Gasteiger charge is 2.33. The summed E-state index contributed by atoms with van der Waals surface area (Å²) in [5.41, 5.74) is 5.10. The molecule has 21 heavy (non-hydrogen) atoms. The number of aromatic nitrogens is 4. The van der Waals surface area contributed by atoms with Gasteiger partial charge in [0.15, 0.2) is 0 Å². The molecule has 0 radical (unpaired) electrons. The van der Waals surface area contributed by atoms with Gasteiger partial charge >= 0.3 is 6.18 Å². The van der Waals surface area contributed by atoms with Crippen LogP contribution in [0.1, 0.15) is 18.5 Å². The minimum absolute atomic E-state index is 0.0194. The fourth-order valence-electron chi connectivity index (χ4n) is 2.29. The average molecular weight is 298 g/mol. The Morgan fingerprint density at radius 1 is 1.10 bits per heavy atom. The summed E-state index contributed by atoms with van der Waals surface area (Å²) in [6.07, 6.45) is -2.36. The van der Waals surface area contributed by atoms with E-state index in [9.17, 15) is 13.2 Å². The topological polar surface area (TPSA) is 83.7 Å². The van der Waals surface area contributed by atoms with E-state index in [4.69, 9.17) is 5.73 Å². The van der Waals surface area contributed by atoms with Gasteiger partial charge in [-0.2, -0.15) is 23.3 Å². The van der Waals surface area contributed by atoms with Gasteiger partial charge in [0.1, 0.15) is 17.2 Å². The van der Waals surface area contributed by atoms with Crippen LogP contribution in [0.15, 0.2) is 12.1 Å². The van der Waals surface area contributed by atoms with Crippen LogP contribution in [-0.2, 0) is 6.18 Å². The molecule has 0 atom stereocenters. The summed E-state index contributed by atoms with van der Waals surface area (Å²) in [4.78, 5) is 10.1. The monoisotopic (exact) mass is 298 g/mol. The highest BCUT2D eigenvalue weighted by Crippen LogP contribution is 2.31. The van der Waals surface area contributed by atoms with Gasteiger partial charge in [0.2, 0.25) is 5.95 Å². The van der Waals surface area contributed by atoms with Crippen LogP contribution < -0.4 is 10.6 Å². The number of H-pyrrole nitrogens is 1. The molecule has 3 N–H and O–H groups in total. The van der Waals surface area contributed by atoms with Gasteiger partial charge in [-0.05, 0) is 18.9 Å². The smallest absolute Gasteiger partial charge is 0.368 e. The second-order valence-electron chi connectivity index (χ2n) is 4.83. The normalized spacial score (nSPS) is 15.7. The lowest BCUT2D eigenvalue weighted by molar-refractivity contribution is -0.141. The molecular formula is C12H13F3N6. The van der Waals surface area contributed by atoms with Crippen molar-refractivity contribution in [3.8, 4) is 11.4 Å². The van der Waals surface area contributed by atoms with Crippen molar-refractivity contribution < 1.29 is 13.2 Å². The molecule has 3 heterocycles. The van der Waals surface area contributed by atoms with E-state index in [2.05, 4.69) is 15.1 Å². The minimum Gasteiger partial charge on any atom is -0.368 e. The Hall–Kier alpha value is -2.32. The zero-order valence-corrected chi connectivity index (χ0v) is 11.0. The molecule has 1 aliphatic heterocycles. The van der Waals surface area contributed by atoms with Crippen molar-refractivity contribution in [2.24, 2.45) is 0 Å². The average Bonchev–Trinajstić information content (AvgIpc) is 3.09. The highest BCUT2D eigenvalue weighted by atomic mass is 19.4. The van der Waals surface area contributed by atoms with E-state index in [0.29, 0.717) is 5.82 Å². The standard InChI is InChI=1S/C12H13F3N6/c13-12(14,15)9-5-8(19-20-9)7-6-10(18-11(16)17-7)21-3-1-2-4-21/h5-6H,1-4H2,(H,19,20)(H2,16,17,18). The molecule has 0 bridgehead atoms. The summed E-state index contributed by atoms with van der Waals surface area (Å²) in [7, 11) is 0. The van der Waals surface area contributed by atoms with Gasteiger partial charge in [-0.3, -0.25) is 5.10 Å². The summed E-state index contributed by atoms with van der Waals surface area (Å²) < 4.78 is 37.8. The van der Waals surface area contributed by atoms with E-state index in [1.807, 2.05) is 10.00 Å². The fourth-order valence-corrected chi connectivity index (χ4v) is 2.29. The van der Waals surface area contributed by atoms with E-state index in [0.717, 1.165) is 32.0 Å². The summed E-state index contributed by atoms with van der Waals surface area (Å²) in [6.45, 7) is 1.70. The summed E-state index contributed by atoms with van der Waals surface area (Å²) in [6, 6.07) is 2.52. The molecule has 3 rings (SSSR count). The first-order valence-corrected chi connectivity index (χ1v) is 6.46. The number of nitrogens with two attached hydrogens (primary N) is 1. The number of rotatable bonds is 2. The van der Waals surface area contributed by atoms with Crippen LogP contribution in [0.2, 0.25) is 0 Å². The van der Waals surface area contributed by atoms with Crippen molar-refractivity contribution in [2.75, 3.05) is 23.7 Å². The zero-order chi connectivity index (χ0) is 15.0. The third-order valence-electron chi connectivity index (χ3n) is 3.31. The lowest BCUT2D eigenvalue weighted by Gasteiger charge is -2.16. The largest absolute Gasteiger partial charge is 0.432 e. The highest BCUT2D eigenvalue weighted by molar-refractivity contribution is 5.61. The number of aromatic amines is 1. The van der Waals surface area contributed by atoms with Crippen molar-refractivity contribution in [3.05, 3.63) is 17.8 Å². The summed E-state index contributed by atoms with van der Waals surface area (Å²) in [5.74, 6) is 0.637. The van der Waals surface area contributed by atoms with Crippen molar-refractivity contribution in [1.82, 2.24) is 20.2 Å². The molecule has 1 saturated heterocycles. The molecule has 6 nitrogen and oxygen atoms in total. The zero-order valence-electron chi connectivity index (χ0n) is 11.0. The van der Waals surface area contributed by atoms with E-state index in [1.165, 1.54) is 0 Å². The van der Waals surface area contributed by atoms with Crippen LogP contribution in [0, 0.1) is 0 Å². The Morgan fingerprint density at radius 3 is 2.43 bits per heavy atom. The molecule has 0 spiro atoms. The maximum absolute atomic E-state index is 12.6. The molecule has 1 aliphatic rings. The number of hydrogen-bond donors (Lipinski definition) is 2. The molecule has 112 valence electrons. The summed E-state index contributed by atoms with van der Waals surface area (Å²) in [5, 5.41) is 5.62. The van der Waals surface area contributed by atoms with Crippen LogP contribution in [0.5, 0.6) is 0 Å². The van der Waals surface area contributed by atoms with Crippen molar-refractivity contribution in [1.29, 1.82) is 0 Å². The lowest BCUT2D eigenvalue weighted by atomic mass is 10.2. The molecule has 0 amide bonds. The molecule has 0 aliphatic carbocycles. The van der Waals surface area contributed by atoms with Gasteiger partial charge < -0.3 is 10.6 Å². The number of halogens is 3. The Morgan fingerprint density at radius 2 is 1.81 bits per heavy atom. The first kappa shape index (κ1) is 13.7. The van der Waals surface area contributed by atoms with Crippen molar-refractivity contribution in [3.63, 3.8) is 0 Å². The predicted molar refractivity (Wildman–Crippen MR) is 70.5 cm³/mol. The maximum atomic E-state index is 12.6. The van der Waals surface area contributed by atoms with Gasteiger partial charge in [0.05, 0.1) is 5.69 Å².